The molecule has 3 aromatic heterocycles. The Hall–Kier alpha value is -3.13. The molecule has 4 aromatic rings. The number of pyridine rings is 2. The van der Waals surface area contributed by atoms with Crippen molar-refractivity contribution in [2.75, 3.05) is 0 Å². The van der Waals surface area contributed by atoms with Crippen LogP contribution in [0.1, 0.15) is 35.6 Å². The first kappa shape index (κ1) is 21.7. The number of hydrogen-bond donors (Lipinski definition) is 0. The first-order valence-corrected chi connectivity index (χ1v) is 10.9. The zero-order chi connectivity index (χ0) is 23.3. The number of aromatic nitrogens is 4. The molecule has 1 aromatic carbocycles. The summed E-state index contributed by atoms with van der Waals surface area (Å²) in [6.45, 7) is 3.68. The van der Waals surface area contributed by atoms with E-state index in [0.29, 0.717) is 40.9 Å². The third-order valence-electron chi connectivity index (χ3n) is 5.74. The molecule has 1 fully saturated rings. The Morgan fingerprint density at radius 2 is 1.82 bits per heavy atom. The number of hydrogen-bond acceptors (Lipinski definition) is 4. The summed E-state index contributed by atoms with van der Waals surface area (Å²) < 4.78 is 49.7. The largest absolute Gasteiger partial charge is 0.454 e. The van der Waals surface area contributed by atoms with E-state index < -0.39 is 11.7 Å². The van der Waals surface area contributed by atoms with Gasteiger partial charge in [0.25, 0.3) is 0 Å². The van der Waals surface area contributed by atoms with Crippen molar-refractivity contribution in [3.05, 3.63) is 70.4 Å². The third kappa shape index (κ3) is 4.27. The Kier molecular flexibility index (Phi) is 5.28. The molecule has 0 N–H and O–H groups in total. The molecular weight excluding hydrogens is 453 g/mol. The second-order valence-corrected chi connectivity index (χ2v) is 8.75. The fraction of sp³-hybridized carbons (Fsp3) is 0.292. The van der Waals surface area contributed by atoms with Crippen LogP contribution in [0.4, 0.5) is 13.2 Å². The van der Waals surface area contributed by atoms with Crippen molar-refractivity contribution < 1.29 is 17.9 Å². The van der Waals surface area contributed by atoms with Gasteiger partial charge in [-0.2, -0.15) is 13.2 Å². The lowest BCUT2D eigenvalue weighted by Crippen LogP contribution is -2.11. The van der Waals surface area contributed by atoms with Crippen LogP contribution in [0.15, 0.2) is 42.6 Å². The second kappa shape index (κ2) is 8.02. The molecule has 9 heteroatoms. The minimum absolute atomic E-state index is 0.0120. The number of nitrogens with zero attached hydrogens (tertiary/aromatic N) is 4. The van der Waals surface area contributed by atoms with Crippen molar-refractivity contribution in [1.82, 2.24) is 19.6 Å². The Labute approximate surface area is 193 Å². The normalized spacial score (nSPS) is 14.1. The summed E-state index contributed by atoms with van der Waals surface area (Å²) in [6.07, 6.45) is -0.247. The fourth-order valence-corrected chi connectivity index (χ4v) is 4.11. The maximum atomic E-state index is 14.1. The lowest BCUT2D eigenvalue weighted by atomic mass is 10.0. The van der Waals surface area contributed by atoms with Crippen LogP contribution >= 0.6 is 11.6 Å². The van der Waals surface area contributed by atoms with Gasteiger partial charge in [0.2, 0.25) is 0 Å². The van der Waals surface area contributed by atoms with Gasteiger partial charge in [0.05, 0.1) is 10.7 Å². The van der Waals surface area contributed by atoms with E-state index in [4.69, 9.17) is 16.3 Å². The van der Waals surface area contributed by atoms with Gasteiger partial charge in [0, 0.05) is 18.3 Å². The van der Waals surface area contributed by atoms with Gasteiger partial charge >= 0.3 is 6.18 Å². The lowest BCUT2D eigenvalue weighted by molar-refractivity contribution is -0.136. The van der Waals surface area contributed by atoms with Crippen molar-refractivity contribution in [3.8, 4) is 22.6 Å². The van der Waals surface area contributed by atoms with Crippen molar-refractivity contribution in [2.45, 2.75) is 39.3 Å². The van der Waals surface area contributed by atoms with E-state index >= 15 is 0 Å². The first-order chi connectivity index (χ1) is 15.7. The lowest BCUT2D eigenvalue weighted by Gasteiger charge is -2.16. The maximum Gasteiger partial charge on any atom is 0.420 e. The molecule has 1 saturated carbocycles. The molecule has 0 bridgehead atoms. The molecule has 5 rings (SSSR count). The van der Waals surface area contributed by atoms with E-state index in [9.17, 15) is 13.2 Å². The molecule has 1 aliphatic carbocycles. The smallest absolute Gasteiger partial charge is 0.420 e. The quantitative estimate of drug-likeness (QED) is 0.319. The van der Waals surface area contributed by atoms with Crippen LogP contribution in [0.2, 0.25) is 5.02 Å². The summed E-state index contributed by atoms with van der Waals surface area (Å²) in [6, 6.07) is 9.62. The number of alkyl halides is 3. The van der Waals surface area contributed by atoms with Gasteiger partial charge < -0.3 is 4.74 Å². The molecule has 3 heterocycles. The Bertz CT molecular complexity index is 1360. The molecule has 33 heavy (non-hydrogen) atoms. The Morgan fingerprint density at radius 1 is 1.06 bits per heavy atom. The average Bonchev–Trinajstić information content (AvgIpc) is 3.48. The zero-order valence-electron chi connectivity index (χ0n) is 17.9. The monoisotopic (exact) mass is 472 g/mol. The van der Waals surface area contributed by atoms with Gasteiger partial charge in [0.1, 0.15) is 22.9 Å². The van der Waals surface area contributed by atoms with Crippen LogP contribution in [-0.2, 0) is 12.6 Å². The Balaban J connectivity index is 1.55. The van der Waals surface area contributed by atoms with E-state index in [1.165, 1.54) is 16.5 Å². The molecular formula is C24H20ClF3N4O. The van der Waals surface area contributed by atoms with Gasteiger partial charge in [-0.3, -0.25) is 9.38 Å². The highest BCUT2D eigenvalue weighted by atomic mass is 35.5. The number of rotatable bonds is 5. The van der Waals surface area contributed by atoms with Crippen LogP contribution in [0, 0.1) is 19.8 Å². The number of halogens is 4. The SMILES string of the molecule is Cc1ccc(Oc2ccc(-c3ccn4c(CC5CC5)nnc4c3C(F)(F)F)cc2Cl)c(C)n1. The molecule has 0 atom stereocenters. The first-order valence-electron chi connectivity index (χ1n) is 10.6. The van der Waals surface area contributed by atoms with Crippen molar-refractivity contribution in [1.29, 1.82) is 0 Å². The van der Waals surface area contributed by atoms with Gasteiger partial charge in [0.15, 0.2) is 5.65 Å². The standard InChI is InChI=1S/C24H20ClF3N4O/c1-13-3-7-19(14(2)29-13)33-20-8-6-16(12-18(20)25)17-9-10-32-21(11-15-4-5-15)30-31-23(32)22(17)24(26,27)28/h3,6-10,12,15H,4-5,11H2,1-2H3. The molecule has 0 spiro atoms. The van der Waals surface area contributed by atoms with Crippen LogP contribution in [-0.4, -0.2) is 19.6 Å². The number of fused-ring (bicyclic) bond motifs is 1. The average molecular weight is 473 g/mol. The minimum atomic E-state index is -4.62. The summed E-state index contributed by atoms with van der Waals surface area (Å²) in [7, 11) is 0. The molecule has 0 amide bonds. The summed E-state index contributed by atoms with van der Waals surface area (Å²) >= 11 is 6.41. The van der Waals surface area contributed by atoms with Crippen molar-refractivity contribution in [3.63, 3.8) is 0 Å². The van der Waals surface area contributed by atoms with Gasteiger partial charge in [-0.25, -0.2) is 0 Å². The van der Waals surface area contributed by atoms with Gasteiger partial charge in [-0.15, -0.1) is 10.2 Å². The molecule has 0 radical (unpaired) electrons. The highest BCUT2D eigenvalue weighted by Gasteiger charge is 2.38. The van der Waals surface area contributed by atoms with Crippen LogP contribution < -0.4 is 4.74 Å². The number of aryl methyl sites for hydroxylation is 2. The third-order valence-corrected chi connectivity index (χ3v) is 6.04. The van der Waals surface area contributed by atoms with E-state index in [-0.39, 0.29) is 16.2 Å². The number of ether oxygens (including phenoxy) is 1. The molecule has 1 aliphatic rings. The van der Waals surface area contributed by atoms with Crippen molar-refractivity contribution >= 4 is 17.2 Å². The van der Waals surface area contributed by atoms with Crippen molar-refractivity contribution in [2.24, 2.45) is 5.92 Å². The predicted octanol–water partition coefficient (Wildman–Crippen LogP) is 6.83. The van der Waals surface area contributed by atoms with E-state index in [1.807, 2.05) is 19.9 Å². The molecule has 170 valence electrons. The summed E-state index contributed by atoms with van der Waals surface area (Å²) in [5.74, 6) is 1.89. The maximum absolute atomic E-state index is 14.1. The highest BCUT2D eigenvalue weighted by molar-refractivity contribution is 6.32. The summed E-state index contributed by atoms with van der Waals surface area (Å²) in [4.78, 5) is 4.35. The van der Waals surface area contributed by atoms with E-state index in [2.05, 4.69) is 15.2 Å². The summed E-state index contributed by atoms with van der Waals surface area (Å²) in [5.41, 5.74) is 0.810. The highest BCUT2D eigenvalue weighted by Crippen LogP contribution is 2.42. The van der Waals surface area contributed by atoms with E-state index in [0.717, 1.165) is 18.5 Å². The molecule has 5 nitrogen and oxygen atoms in total. The van der Waals surface area contributed by atoms with Crippen LogP contribution in [0.25, 0.3) is 16.8 Å². The minimum Gasteiger partial charge on any atom is -0.454 e. The topological polar surface area (TPSA) is 52.3 Å². The van der Waals surface area contributed by atoms with Crippen LogP contribution in [0.5, 0.6) is 11.5 Å². The van der Waals surface area contributed by atoms with E-state index in [1.54, 1.807) is 24.4 Å². The van der Waals surface area contributed by atoms with Gasteiger partial charge in [-0.05, 0) is 74.1 Å². The molecule has 0 saturated heterocycles. The molecule has 0 aliphatic heterocycles. The van der Waals surface area contributed by atoms with Crippen LogP contribution in [0.3, 0.4) is 0 Å². The summed E-state index contributed by atoms with van der Waals surface area (Å²) in [5, 5.41) is 8.12. The molecule has 0 unspecified atom stereocenters. The predicted molar refractivity (Wildman–Crippen MR) is 119 cm³/mol. The second-order valence-electron chi connectivity index (χ2n) is 8.34. The number of benzene rings is 1. The fourth-order valence-electron chi connectivity index (χ4n) is 3.89. The Morgan fingerprint density at radius 3 is 2.48 bits per heavy atom. The van der Waals surface area contributed by atoms with Gasteiger partial charge in [-0.1, -0.05) is 17.7 Å². The zero-order valence-corrected chi connectivity index (χ0v) is 18.7.